The van der Waals surface area contributed by atoms with Crippen LogP contribution in [-0.2, 0) is 6.42 Å². The van der Waals surface area contributed by atoms with Crippen LogP contribution >= 0.6 is 0 Å². The lowest BCUT2D eigenvalue weighted by Crippen LogP contribution is -2.31. The molecule has 0 aromatic heterocycles. The van der Waals surface area contributed by atoms with Gasteiger partial charge in [0.05, 0.1) is 19.8 Å². The summed E-state index contributed by atoms with van der Waals surface area (Å²) in [6.07, 6.45) is 0.969. The highest BCUT2D eigenvalue weighted by Gasteiger charge is 2.28. The lowest BCUT2D eigenvalue weighted by molar-refractivity contribution is 0.171. The topological polar surface area (TPSA) is 49.0 Å². The van der Waals surface area contributed by atoms with Crippen LogP contribution in [0.4, 0.5) is 0 Å². The molecule has 0 fully saturated rings. The molecule has 5 nitrogen and oxygen atoms in total. The molecule has 1 atom stereocenters. The number of para-hydroxylation sites is 1. The van der Waals surface area contributed by atoms with Crippen LogP contribution in [0.5, 0.6) is 23.0 Å². The molecule has 5 heteroatoms. The zero-order chi connectivity index (χ0) is 17.2. The summed E-state index contributed by atoms with van der Waals surface area (Å²) in [5, 5.41) is 3.62. The van der Waals surface area contributed by atoms with E-state index in [1.165, 1.54) is 11.1 Å². The number of benzene rings is 2. The van der Waals surface area contributed by atoms with Crippen LogP contribution in [0.2, 0.25) is 0 Å². The highest BCUT2D eigenvalue weighted by atomic mass is 16.6. The van der Waals surface area contributed by atoms with E-state index >= 15 is 0 Å². The molecule has 1 unspecified atom stereocenters. The first kappa shape index (κ1) is 16.1. The van der Waals surface area contributed by atoms with Gasteiger partial charge in [-0.3, -0.25) is 0 Å². The zero-order valence-electron chi connectivity index (χ0n) is 14.6. The Hall–Kier alpha value is -2.40. The van der Waals surface area contributed by atoms with Gasteiger partial charge < -0.3 is 24.3 Å². The highest BCUT2D eigenvalue weighted by Crippen LogP contribution is 2.43. The summed E-state index contributed by atoms with van der Waals surface area (Å²) in [6, 6.07) is 10.3. The van der Waals surface area contributed by atoms with E-state index in [-0.39, 0.29) is 6.04 Å². The minimum absolute atomic E-state index is 0.0382. The number of ether oxygens (including phenoxy) is 4. The molecule has 25 heavy (non-hydrogen) atoms. The Morgan fingerprint density at radius 3 is 2.68 bits per heavy atom. The highest BCUT2D eigenvalue weighted by molar-refractivity contribution is 5.56. The van der Waals surface area contributed by atoms with Gasteiger partial charge in [-0.2, -0.15) is 0 Å². The van der Waals surface area contributed by atoms with Crippen LogP contribution in [0.1, 0.15) is 29.7 Å². The SMILES string of the molecule is CCOc1c(OC)cccc1C1NCCc2cc3c(cc21)OCCO3. The number of methoxy groups -OCH3 is 1. The maximum absolute atomic E-state index is 5.92. The number of hydrogen-bond donors (Lipinski definition) is 1. The van der Waals surface area contributed by atoms with Crippen LogP contribution in [-0.4, -0.2) is 33.5 Å². The van der Waals surface area contributed by atoms with Crippen molar-refractivity contribution >= 4 is 0 Å². The summed E-state index contributed by atoms with van der Waals surface area (Å²) < 4.78 is 23.0. The van der Waals surface area contributed by atoms with Gasteiger partial charge in [-0.25, -0.2) is 0 Å². The molecule has 2 heterocycles. The van der Waals surface area contributed by atoms with Crippen molar-refractivity contribution in [1.82, 2.24) is 5.32 Å². The third kappa shape index (κ3) is 2.89. The molecule has 0 spiro atoms. The van der Waals surface area contributed by atoms with E-state index in [4.69, 9.17) is 18.9 Å². The Morgan fingerprint density at radius 2 is 1.92 bits per heavy atom. The molecule has 0 aliphatic carbocycles. The average molecular weight is 341 g/mol. The Morgan fingerprint density at radius 1 is 1.12 bits per heavy atom. The first-order chi connectivity index (χ1) is 12.3. The predicted octanol–water partition coefficient (Wildman–Crippen LogP) is 3.10. The molecule has 2 aromatic carbocycles. The standard InChI is InChI=1S/C20H23NO4/c1-3-23-20-14(5-4-6-16(20)22-2)19-15-12-18-17(24-9-10-25-18)11-13(15)7-8-21-19/h4-6,11-12,19,21H,3,7-10H2,1-2H3. The lowest BCUT2D eigenvalue weighted by atomic mass is 9.88. The van der Waals surface area contributed by atoms with Gasteiger partial charge in [0.2, 0.25) is 0 Å². The first-order valence-corrected chi connectivity index (χ1v) is 8.77. The molecule has 0 amide bonds. The molecular formula is C20H23NO4. The van der Waals surface area contributed by atoms with Gasteiger partial charge in [-0.05, 0) is 42.7 Å². The smallest absolute Gasteiger partial charge is 0.166 e. The normalized spacial score (nSPS) is 18.4. The van der Waals surface area contributed by atoms with Gasteiger partial charge in [-0.1, -0.05) is 12.1 Å². The summed E-state index contributed by atoms with van der Waals surface area (Å²) in [5.74, 6) is 3.22. The first-order valence-electron chi connectivity index (χ1n) is 8.77. The second kappa shape index (κ2) is 6.84. The minimum Gasteiger partial charge on any atom is -0.493 e. The quantitative estimate of drug-likeness (QED) is 0.926. The molecule has 0 bridgehead atoms. The third-order valence-electron chi connectivity index (χ3n) is 4.69. The second-order valence-corrected chi connectivity index (χ2v) is 6.14. The van der Waals surface area contributed by atoms with Gasteiger partial charge in [0.25, 0.3) is 0 Å². The molecule has 132 valence electrons. The number of nitrogens with one attached hydrogen (secondary N) is 1. The average Bonchev–Trinajstić information content (AvgIpc) is 2.66. The Balaban J connectivity index is 1.81. The molecule has 0 saturated carbocycles. The van der Waals surface area contributed by atoms with E-state index in [2.05, 4.69) is 23.5 Å². The van der Waals surface area contributed by atoms with Crippen molar-refractivity contribution in [3.63, 3.8) is 0 Å². The number of fused-ring (bicyclic) bond motifs is 2. The molecular weight excluding hydrogens is 318 g/mol. The van der Waals surface area contributed by atoms with Crippen LogP contribution in [0.15, 0.2) is 30.3 Å². The van der Waals surface area contributed by atoms with Crippen molar-refractivity contribution in [3.05, 3.63) is 47.0 Å². The van der Waals surface area contributed by atoms with Crippen molar-refractivity contribution in [1.29, 1.82) is 0 Å². The van der Waals surface area contributed by atoms with Gasteiger partial charge in [0.15, 0.2) is 23.0 Å². The van der Waals surface area contributed by atoms with E-state index in [1.807, 2.05) is 19.1 Å². The second-order valence-electron chi connectivity index (χ2n) is 6.14. The summed E-state index contributed by atoms with van der Waals surface area (Å²) >= 11 is 0. The zero-order valence-corrected chi connectivity index (χ0v) is 14.6. The minimum atomic E-state index is 0.0382. The summed E-state index contributed by atoms with van der Waals surface area (Å²) in [6.45, 7) is 4.68. The lowest BCUT2D eigenvalue weighted by Gasteiger charge is -2.31. The molecule has 0 radical (unpaired) electrons. The number of rotatable bonds is 4. The summed E-state index contributed by atoms with van der Waals surface area (Å²) in [7, 11) is 1.67. The molecule has 1 N–H and O–H groups in total. The third-order valence-corrected chi connectivity index (χ3v) is 4.69. The fourth-order valence-electron chi connectivity index (χ4n) is 3.59. The van der Waals surface area contributed by atoms with E-state index < -0.39 is 0 Å². The van der Waals surface area contributed by atoms with Crippen LogP contribution in [0.3, 0.4) is 0 Å². The number of hydrogen-bond acceptors (Lipinski definition) is 5. The van der Waals surface area contributed by atoms with Gasteiger partial charge in [-0.15, -0.1) is 0 Å². The monoisotopic (exact) mass is 341 g/mol. The largest absolute Gasteiger partial charge is 0.493 e. The van der Waals surface area contributed by atoms with Crippen LogP contribution in [0, 0.1) is 0 Å². The maximum atomic E-state index is 5.92. The van der Waals surface area contributed by atoms with Gasteiger partial charge >= 0.3 is 0 Å². The van der Waals surface area contributed by atoms with Crippen molar-refractivity contribution in [2.24, 2.45) is 0 Å². The van der Waals surface area contributed by atoms with Crippen LogP contribution in [0.25, 0.3) is 0 Å². The van der Waals surface area contributed by atoms with Crippen molar-refractivity contribution in [3.8, 4) is 23.0 Å². The van der Waals surface area contributed by atoms with Crippen molar-refractivity contribution < 1.29 is 18.9 Å². The van der Waals surface area contributed by atoms with Crippen molar-refractivity contribution in [2.75, 3.05) is 33.5 Å². The van der Waals surface area contributed by atoms with Crippen molar-refractivity contribution in [2.45, 2.75) is 19.4 Å². The molecule has 4 rings (SSSR count). The molecule has 2 aromatic rings. The summed E-state index contributed by atoms with van der Waals surface area (Å²) in [4.78, 5) is 0. The Kier molecular flexibility index (Phi) is 4.40. The van der Waals surface area contributed by atoms with E-state index in [1.54, 1.807) is 7.11 Å². The van der Waals surface area contributed by atoms with Gasteiger partial charge in [0, 0.05) is 12.1 Å². The van der Waals surface area contributed by atoms with Crippen LogP contribution < -0.4 is 24.3 Å². The molecule has 2 aliphatic rings. The predicted molar refractivity (Wildman–Crippen MR) is 95.1 cm³/mol. The fraction of sp³-hybridized carbons (Fsp3) is 0.400. The van der Waals surface area contributed by atoms with E-state index in [0.29, 0.717) is 19.8 Å². The Bertz CT molecular complexity index is 775. The molecule has 2 aliphatic heterocycles. The fourth-order valence-corrected chi connectivity index (χ4v) is 3.59. The Labute approximate surface area is 147 Å². The van der Waals surface area contributed by atoms with E-state index in [0.717, 1.165) is 41.5 Å². The van der Waals surface area contributed by atoms with Gasteiger partial charge in [0.1, 0.15) is 13.2 Å². The molecule has 0 saturated heterocycles. The van der Waals surface area contributed by atoms with E-state index in [9.17, 15) is 0 Å². The summed E-state index contributed by atoms with van der Waals surface area (Å²) in [5.41, 5.74) is 3.59. The maximum Gasteiger partial charge on any atom is 0.166 e.